The Labute approximate surface area is 125 Å². The largest absolute Gasteiger partial charge is 0.399 e. The average Bonchev–Trinajstić information content (AvgIpc) is 2.91. The van der Waals surface area contributed by atoms with Gasteiger partial charge in [0, 0.05) is 17.4 Å². The molecule has 0 unspecified atom stereocenters. The van der Waals surface area contributed by atoms with Crippen molar-refractivity contribution in [3.8, 4) is 30.0 Å². The van der Waals surface area contributed by atoms with E-state index in [1.807, 2.05) is 24.3 Å². The van der Waals surface area contributed by atoms with Gasteiger partial charge in [-0.05, 0) is 12.1 Å². The van der Waals surface area contributed by atoms with Crippen LogP contribution in [0.25, 0.3) is 5.69 Å². The zero-order valence-corrected chi connectivity index (χ0v) is 11.1. The molecule has 3 N–H and O–H groups in total. The Hall–Kier alpha value is -3.94. The third-order valence-electron chi connectivity index (χ3n) is 3.56. The summed E-state index contributed by atoms with van der Waals surface area (Å²) in [6, 6.07) is 12.5. The molecule has 7 heteroatoms. The molecule has 0 radical (unpaired) electrons. The quantitative estimate of drug-likeness (QED) is 0.703. The molecule has 0 aliphatic carbocycles. The molecule has 1 aromatic heterocycles. The van der Waals surface area contributed by atoms with Crippen LogP contribution in [0.5, 0.6) is 0 Å². The van der Waals surface area contributed by atoms with Gasteiger partial charge in [-0.2, -0.15) is 21.0 Å². The fourth-order valence-corrected chi connectivity index (χ4v) is 2.53. The minimum Gasteiger partial charge on any atom is -0.399 e. The average molecular weight is 285 g/mol. The summed E-state index contributed by atoms with van der Waals surface area (Å²) in [6.07, 6.45) is 1.48. The van der Waals surface area contributed by atoms with Gasteiger partial charge in [0.25, 0.3) is 0 Å². The summed E-state index contributed by atoms with van der Waals surface area (Å²) in [5.41, 5.74) is 5.75. The number of nitrogen functional groups attached to an aromatic ring is 1. The molecule has 2 heterocycles. The summed E-state index contributed by atoms with van der Waals surface area (Å²) in [6.45, 7) is 0. The predicted octanol–water partition coefficient (Wildman–Crippen LogP) is 1.47. The smallest absolute Gasteiger partial charge is 0.241 e. The number of nitriles is 4. The van der Waals surface area contributed by atoms with Gasteiger partial charge in [-0.25, -0.2) is 0 Å². The lowest BCUT2D eigenvalue weighted by molar-refractivity contribution is 0.756. The molecule has 1 aliphatic rings. The van der Waals surface area contributed by atoms with Crippen LogP contribution >= 0.6 is 0 Å². The van der Waals surface area contributed by atoms with Crippen molar-refractivity contribution in [3.63, 3.8) is 0 Å². The molecule has 0 amide bonds. The predicted molar refractivity (Wildman–Crippen MR) is 76.1 cm³/mol. The van der Waals surface area contributed by atoms with Gasteiger partial charge in [0.05, 0.1) is 11.3 Å². The van der Waals surface area contributed by atoms with Crippen LogP contribution in [0.15, 0.2) is 24.4 Å². The van der Waals surface area contributed by atoms with E-state index in [1.54, 1.807) is 22.8 Å². The van der Waals surface area contributed by atoms with E-state index in [-0.39, 0.29) is 16.9 Å². The summed E-state index contributed by atoms with van der Waals surface area (Å²) >= 11 is 0. The van der Waals surface area contributed by atoms with Crippen LogP contribution in [0.4, 0.5) is 11.5 Å². The second kappa shape index (κ2) is 4.28. The van der Waals surface area contributed by atoms with Crippen molar-refractivity contribution < 1.29 is 0 Å². The van der Waals surface area contributed by atoms with Crippen LogP contribution in [0.1, 0.15) is 16.7 Å². The maximum absolute atomic E-state index is 9.49. The zero-order chi connectivity index (χ0) is 15.9. The van der Waals surface area contributed by atoms with Crippen molar-refractivity contribution in [2.45, 2.75) is 5.54 Å². The first kappa shape index (κ1) is 13.1. The molecule has 3 rings (SSSR count). The molecule has 0 saturated carbocycles. The Morgan fingerprint density at radius 3 is 2.41 bits per heavy atom. The number of hydrogen-bond acceptors (Lipinski definition) is 6. The van der Waals surface area contributed by atoms with E-state index >= 15 is 0 Å². The lowest BCUT2D eigenvalue weighted by atomic mass is 9.89. The molecule has 1 aromatic carbocycles. The highest BCUT2D eigenvalue weighted by atomic mass is 15.2. The maximum Gasteiger partial charge on any atom is 0.241 e. The third-order valence-corrected chi connectivity index (χ3v) is 3.56. The molecule has 0 atom stereocenters. The van der Waals surface area contributed by atoms with E-state index in [4.69, 9.17) is 11.0 Å². The number of nitrogens with zero attached hydrogens (tertiary/aromatic N) is 5. The second-order valence-electron chi connectivity index (χ2n) is 4.74. The molecular weight excluding hydrogens is 278 g/mol. The SMILES string of the molecule is N#Cc1cn2c(c1C#N)NC(C#N)(C#N)c1ccc(N)cc1-2. The highest BCUT2D eigenvalue weighted by molar-refractivity contribution is 5.75. The third kappa shape index (κ3) is 1.45. The van der Waals surface area contributed by atoms with Crippen LogP contribution in [0.3, 0.4) is 0 Å². The molecular formula is C15H7N7. The zero-order valence-electron chi connectivity index (χ0n) is 11.1. The van der Waals surface area contributed by atoms with Crippen LogP contribution in [-0.4, -0.2) is 4.57 Å². The number of hydrogen-bond donors (Lipinski definition) is 2. The van der Waals surface area contributed by atoms with Gasteiger partial charge in [0.2, 0.25) is 5.54 Å². The minimum absolute atomic E-state index is 0.0884. The Bertz CT molecular complexity index is 956. The van der Waals surface area contributed by atoms with E-state index in [1.165, 1.54) is 6.20 Å². The fraction of sp³-hybridized carbons (Fsp3) is 0.0667. The molecule has 0 spiro atoms. The van der Waals surface area contributed by atoms with Gasteiger partial charge >= 0.3 is 0 Å². The number of aromatic nitrogens is 1. The number of anilines is 2. The highest BCUT2D eigenvalue weighted by Gasteiger charge is 2.41. The Kier molecular flexibility index (Phi) is 2.54. The Balaban J connectivity index is 2.45. The summed E-state index contributed by atoms with van der Waals surface area (Å²) in [5.74, 6) is 0.236. The van der Waals surface area contributed by atoms with E-state index in [0.29, 0.717) is 16.9 Å². The molecule has 7 nitrogen and oxygen atoms in total. The fourth-order valence-electron chi connectivity index (χ4n) is 2.53. The summed E-state index contributed by atoms with van der Waals surface area (Å²) in [5, 5.41) is 40.2. The van der Waals surface area contributed by atoms with Gasteiger partial charge in [0.15, 0.2) is 0 Å². The first-order valence-electron chi connectivity index (χ1n) is 6.17. The Morgan fingerprint density at radius 2 is 1.82 bits per heavy atom. The van der Waals surface area contributed by atoms with Crippen molar-refractivity contribution >= 4 is 11.5 Å². The molecule has 102 valence electrons. The number of nitrogens with two attached hydrogens (primary N) is 1. The van der Waals surface area contributed by atoms with E-state index in [9.17, 15) is 15.8 Å². The van der Waals surface area contributed by atoms with Crippen molar-refractivity contribution in [2.75, 3.05) is 11.1 Å². The summed E-state index contributed by atoms with van der Waals surface area (Å²) < 4.78 is 1.57. The Morgan fingerprint density at radius 1 is 1.09 bits per heavy atom. The van der Waals surface area contributed by atoms with Crippen LogP contribution < -0.4 is 11.1 Å². The van der Waals surface area contributed by atoms with Crippen molar-refractivity contribution in [2.24, 2.45) is 0 Å². The van der Waals surface area contributed by atoms with Crippen molar-refractivity contribution in [1.29, 1.82) is 21.0 Å². The van der Waals surface area contributed by atoms with E-state index in [0.717, 1.165) is 0 Å². The normalized spacial score (nSPS) is 13.3. The molecule has 0 bridgehead atoms. The van der Waals surface area contributed by atoms with Gasteiger partial charge in [0.1, 0.15) is 35.7 Å². The van der Waals surface area contributed by atoms with Crippen LogP contribution in [0, 0.1) is 45.3 Å². The monoisotopic (exact) mass is 285 g/mol. The summed E-state index contributed by atoms with van der Waals surface area (Å²) in [4.78, 5) is 0. The lowest BCUT2D eigenvalue weighted by Gasteiger charge is -2.31. The number of fused-ring (bicyclic) bond motifs is 3. The molecule has 0 fully saturated rings. The first-order valence-corrected chi connectivity index (χ1v) is 6.17. The topological polar surface area (TPSA) is 138 Å². The van der Waals surface area contributed by atoms with Gasteiger partial charge in [-0.3, -0.25) is 0 Å². The van der Waals surface area contributed by atoms with E-state index < -0.39 is 5.54 Å². The number of benzene rings is 1. The lowest BCUT2D eigenvalue weighted by Crippen LogP contribution is -2.37. The van der Waals surface area contributed by atoms with Crippen molar-refractivity contribution in [1.82, 2.24) is 4.57 Å². The first-order chi connectivity index (χ1) is 10.6. The molecule has 0 saturated heterocycles. The van der Waals surface area contributed by atoms with Gasteiger partial charge in [-0.15, -0.1) is 0 Å². The summed E-state index contributed by atoms with van der Waals surface area (Å²) in [7, 11) is 0. The number of nitrogens with one attached hydrogen (secondary N) is 1. The standard InChI is InChI=1S/C15H7N7/c16-4-9-6-22-13-3-10(20)1-2-12(13)15(7-18,8-19)21-14(22)11(9)5-17/h1-3,6,21H,20H2. The van der Waals surface area contributed by atoms with Crippen LogP contribution in [0.2, 0.25) is 0 Å². The highest BCUT2D eigenvalue weighted by Crippen LogP contribution is 2.40. The molecule has 1 aliphatic heterocycles. The number of rotatable bonds is 0. The minimum atomic E-state index is -1.64. The maximum atomic E-state index is 9.49. The van der Waals surface area contributed by atoms with Crippen LogP contribution in [-0.2, 0) is 5.54 Å². The van der Waals surface area contributed by atoms with E-state index in [2.05, 4.69) is 5.32 Å². The molecule has 2 aromatic rings. The second-order valence-corrected chi connectivity index (χ2v) is 4.74. The molecule has 22 heavy (non-hydrogen) atoms. The van der Waals surface area contributed by atoms with Gasteiger partial charge in [-0.1, -0.05) is 6.07 Å². The van der Waals surface area contributed by atoms with Gasteiger partial charge < -0.3 is 15.6 Å². The van der Waals surface area contributed by atoms with Crippen molar-refractivity contribution in [3.05, 3.63) is 41.1 Å².